The highest BCUT2D eigenvalue weighted by molar-refractivity contribution is 5.89. The molecule has 1 unspecified atom stereocenters. The SMILES string of the molecule is CCCC(CCN1CCOCC1)OC(=O)Nc1cc(C)c(Oc2ccnc3cc(OC)c(OC)cc23)cc1C. The van der Waals surface area contributed by atoms with E-state index >= 15 is 0 Å². The number of hydrogen-bond acceptors (Lipinski definition) is 8. The van der Waals surface area contributed by atoms with Crippen molar-refractivity contribution in [1.29, 1.82) is 0 Å². The number of carbonyl (C=O) groups excluding carboxylic acids is 1. The standard InChI is InChI=1S/C30H39N3O6/c1-6-7-22(9-11-33-12-14-37-15-13-33)38-30(34)32-24-16-21(3)27(17-20(24)2)39-26-8-10-31-25-19-29(36-5)28(35-4)18-23(25)26/h8,10,16-19,22H,6-7,9,11-15H2,1-5H3,(H,32,34). The van der Waals surface area contributed by atoms with E-state index in [4.69, 9.17) is 23.7 Å². The number of fused-ring (bicyclic) bond motifs is 1. The van der Waals surface area contributed by atoms with Gasteiger partial charge < -0.3 is 23.7 Å². The third kappa shape index (κ3) is 7.30. The second-order valence-electron chi connectivity index (χ2n) is 9.75. The Kier molecular flexibility index (Phi) is 9.84. The molecule has 1 aromatic heterocycles. The normalized spacial score (nSPS) is 14.6. The van der Waals surface area contributed by atoms with Crippen molar-refractivity contribution in [3.63, 3.8) is 0 Å². The number of amides is 1. The molecule has 39 heavy (non-hydrogen) atoms. The molecule has 2 heterocycles. The van der Waals surface area contributed by atoms with Crippen molar-refractivity contribution in [3.8, 4) is 23.0 Å². The summed E-state index contributed by atoms with van der Waals surface area (Å²) in [7, 11) is 3.19. The monoisotopic (exact) mass is 537 g/mol. The van der Waals surface area contributed by atoms with Gasteiger partial charge in [0, 0.05) is 43.0 Å². The number of nitrogens with one attached hydrogen (secondary N) is 1. The van der Waals surface area contributed by atoms with Gasteiger partial charge in [0.25, 0.3) is 0 Å². The van der Waals surface area contributed by atoms with Gasteiger partial charge in [-0.3, -0.25) is 15.2 Å². The number of aromatic nitrogens is 1. The summed E-state index contributed by atoms with van der Waals surface area (Å²) < 4.78 is 28.5. The molecule has 0 spiro atoms. The lowest BCUT2D eigenvalue weighted by Crippen LogP contribution is -2.38. The van der Waals surface area contributed by atoms with Gasteiger partial charge in [-0.2, -0.15) is 0 Å². The molecule has 1 amide bonds. The zero-order valence-corrected chi connectivity index (χ0v) is 23.5. The summed E-state index contributed by atoms with van der Waals surface area (Å²) in [5, 5.41) is 3.74. The number of aryl methyl sites for hydroxylation is 2. The van der Waals surface area contributed by atoms with Crippen LogP contribution in [0.5, 0.6) is 23.0 Å². The van der Waals surface area contributed by atoms with Gasteiger partial charge in [0.1, 0.15) is 17.6 Å². The van der Waals surface area contributed by atoms with Gasteiger partial charge in [-0.25, -0.2) is 4.79 Å². The van der Waals surface area contributed by atoms with Crippen LogP contribution in [0, 0.1) is 13.8 Å². The van der Waals surface area contributed by atoms with Crippen LogP contribution in [-0.4, -0.2) is 69.1 Å². The number of hydrogen-bond donors (Lipinski definition) is 1. The molecule has 1 fully saturated rings. The maximum absolute atomic E-state index is 12.8. The fourth-order valence-electron chi connectivity index (χ4n) is 4.72. The van der Waals surface area contributed by atoms with Gasteiger partial charge in [0.2, 0.25) is 0 Å². The third-order valence-electron chi connectivity index (χ3n) is 6.94. The van der Waals surface area contributed by atoms with Crippen LogP contribution >= 0.6 is 0 Å². The smallest absolute Gasteiger partial charge is 0.411 e. The number of methoxy groups -OCH3 is 2. The summed E-state index contributed by atoms with van der Waals surface area (Å²) in [6.07, 6.45) is 3.73. The molecule has 3 aromatic rings. The molecule has 2 aromatic carbocycles. The topological polar surface area (TPSA) is 91.4 Å². The average molecular weight is 538 g/mol. The predicted molar refractivity (Wildman–Crippen MR) is 152 cm³/mol. The number of carbonyl (C=O) groups is 1. The molecule has 0 saturated carbocycles. The Balaban J connectivity index is 1.44. The maximum Gasteiger partial charge on any atom is 0.411 e. The van der Waals surface area contributed by atoms with E-state index in [1.165, 1.54) is 0 Å². The Labute approximate surface area is 230 Å². The summed E-state index contributed by atoms with van der Waals surface area (Å²) in [6, 6.07) is 9.32. The molecule has 1 N–H and O–H groups in total. The molecule has 0 radical (unpaired) electrons. The largest absolute Gasteiger partial charge is 0.493 e. The molecule has 1 atom stereocenters. The van der Waals surface area contributed by atoms with Crippen molar-refractivity contribution in [2.75, 3.05) is 52.4 Å². The molecule has 4 rings (SSSR count). The minimum atomic E-state index is -0.437. The van der Waals surface area contributed by atoms with E-state index in [0.717, 1.165) is 74.1 Å². The molecule has 210 valence electrons. The van der Waals surface area contributed by atoms with Gasteiger partial charge in [-0.15, -0.1) is 0 Å². The van der Waals surface area contributed by atoms with Crippen LogP contribution in [0.1, 0.15) is 37.3 Å². The summed E-state index contributed by atoms with van der Waals surface area (Å²) in [5.41, 5.74) is 3.17. The minimum Gasteiger partial charge on any atom is -0.493 e. The minimum absolute atomic E-state index is 0.127. The first-order chi connectivity index (χ1) is 18.9. The number of nitrogens with zero attached hydrogens (tertiary/aromatic N) is 2. The zero-order chi connectivity index (χ0) is 27.8. The average Bonchev–Trinajstić information content (AvgIpc) is 2.94. The van der Waals surface area contributed by atoms with E-state index < -0.39 is 6.09 Å². The molecule has 0 aliphatic carbocycles. The number of anilines is 1. The van der Waals surface area contributed by atoms with E-state index in [9.17, 15) is 4.79 Å². The van der Waals surface area contributed by atoms with Crippen LogP contribution in [0.3, 0.4) is 0 Å². The lowest BCUT2D eigenvalue weighted by atomic mass is 10.1. The summed E-state index contributed by atoms with van der Waals surface area (Å²) in [5.74, 6) is 2.53. The van der Waals surface area contributed by atoms with Crippen molar-refractivity contribution in [2.45, 2.75) is 46.1 Å². The fourth-order valence-corrected chi connectivity index (χ4v) is 4.72. The first-order valence-corrected chi connectivity index (χ1v) is 13.5. The van der Waals surface area contributed by atoms with Crippen molar-refractivity contribution in [1.82, 2.24) is 9.88 Å². The summed E-state index contributed by atoms with van der Waals surface area (Å²) >= 11 is 0. The van der Waals surface area contributed by atoms with Gasteiger partial charge in [-0.1, -0.05) is 13.3 Å². The van der Waals surface area contributed by atoms with Crippen molar-refractivity contribution < 1.29 is 28.5 Å². The molecule has 1 saturated heterocycles. The molecule has 0 bridgehead atoms. The van der Waals surface area contributed by atoms with Gasteiger partial charge in [-0.05, 0) is 62.1 Å². The van der Waals surface area contributed by atoms with Crippen LogP contribution < -0.4 is 19.5 Å². The molecule has 9 nitrogen and oxygen atoms in total. The van der Waals surface area contributed by atoms with Crippen molar-refractivity contribution >= 4 is 22.7 Å². The summed E-state index contributed by atoms with van der Waals surface area (Å²) in [4.78, 5) is 19.6. The quantitative estimate of drug-likeness (QED) is 0.314. The lowest BCUT2D eigenvalue weighted by molar-refractivity contribution is 0.0273. The highest BCUT2D eigenvalue weighted by Crippen LogP contribution is 2.38. The molecule has 1 aliphatic rings. The maximum atomic E-state index is 12.8. The Morgan fingerprint density at radius 3 is 2.46 bits per heavy atom. The highest BCUT2D eigenvalue weighted by Gasteiger charge is 2.19. The Morgan fingerprint density at radius 1 is 1.00 bits per heavy atom. The highest BCUT2D eigenvalue weighted by atomic mass is 16.6. The van der Waals surface area contributed by atoms with Crippen LogP contribution in [-0.2, 0) is 9.47 Å². The van der Waals surface area contributed by atoms with Gasteiger partial charge in [0.15, 0.2) is 11.5 Å². The van der Waals surface area contributed by atoms with Crippen LogP contribution in [0.15, 0.2) is 36.5 Å². The predicted octanol–water partition coefficient (Wildman–Crippen LogP) is 6.10. The van der Waals surface area contributed by atoms with Crippen LogP contribution in [0.4, 0.5) is 10.5 Å². The van der Waals surface area contributed by atoms with Gasteiger partial charge in [0.05, 0.1) is 33.0 Å². The molecular weight excluding hydrogens is 498 g/mol. The fraction of sp³-hybridized carbons (Fsp3) is 0.467. The number of morpholine rings is 1. The second-order valence-corrected chi connectivity index (χ2v) is 9.75. The Morgan fingerprint density at radius 2 is 1.74 bits per heavy atom. The van der Waals surface area contributed by atoms with E-state index in [1.54, 1.807) is 20.4 Å². The number of benzene rings is 2. The summed E-state index contributed by atoms with van der Waals surface area (Å²) in [6.45, 7) is 10.3. The van der Waals surface area contributed by atoms with E-state index in [2.05, 4.69) is 22.1 Å². The Hall–Kier alpha value is -3.56. The van der Waals surface area contributed by atoms with E-state index in [-0.39, 0.29) is 6.10 Å². The molecular formula is C30H39N3O6. The number of ether oxygens (including phenoxy) is 5. The van der Waals surface area contributed by atoms with Crippen molar-refractivity contribution in [3.05, 3.63) is 47.7 Å². The molecule has 1 aliphatic heterocycles. The Bertz CT molecular complexity index is 1280. The van der Waals surface area contributed by atoms with E-state index in [0.29, 0.717) is 28.7 Å². The van der Waals surface area contributed by atoms with Crippen molar-refractivity contribution in [2.24, 2.45) is 0 Å². The third-order valence-corrected chi connectivity index (χ3v) is 6.94. The second kappa shape index (κ2) is 13.5. The van der Waals surface area contributed by atoms with Crippen LogP contribution in [0.2, 0.25) is 0 Å². The zero-order valence-electron chi connectivity index (χ0n) is 23.5. The number of rotatable bonds is 11. The lowest BCUT2D eigenvalue weighted by Gasteiger charge is -2.28. The van der Waals surface area contributed by atoms with Crippen LogP contribution in [0.25, 0.3) is 10.9 Å². The number of pyridine rings is 1. The van der Waals surface area contributed by atoms with Gasteiger partial charge >= 0.3 is 6.09 Å². The first kappa shape index (κ1) is 28.4. The molecule has 9 heteroatoms. The van der Waals surface area contributed by atoms with E-state index in [1.807, 2.05) is 44.2 Å². The first-order valence-electron chi connectivity index (χ1n) is 13.5.